The lowest BCUT2D eigenvalue weighted by Gasteiger charge is -2.14. The molecule has 5 heteroatoms. The second-order valence-electron chi connectivity index (χ2n) is 5.12. The largest absolute Gasteiger partial charge is 0.310 e. The minimum atomic E-state index is -0.202. The summed E-state index contributed by atoms with van der Waals surface area (Å²) in [5.41, 5.74) is 1.79. The summed E-state index contributed by atoms with van der Waals surface area (Å²) in [7, 11) is 0. The van der Waals surface area contributed by atoms with Gasteiger partial charge in [-0.05, 0) is 37.6 Å². The van der Waals surface area contributed by atoms with Crippen LogP contribution < -0.4 is 5.32 Å². The molecule has 21 heavy (non-hydrogen) atoms. The Morgan fingerprint density at radius 3 is 2.90 bits per heavy atom. The third-order valence-electron chi connectivity index (χ3n) is 3.44. The first kappa shape index (κ1) is 16.2. The van der Waals surface area contributed by atoms with Crippen LogP contribution in [0.4, 0.5) is 4.39 Å². The molecule has 0 amide bonds. The van der Waals surface area contributed by atoms with Gasteiger partial charge < -0.3 is 5.32 Å². The average Bonchev–Trinajstić information content (AvgIpc) is 2.92. The van der Waals surface area contributed by atoms with Crippen LogP contribution in [-0.2, 0) is 6.54 Å². The molecule has 0 aliphatic heterocycles. The monoisotopic (exact) mass is 353 g/mol. The smallest absolute Gasteiger partial charge is 0.128 e. The summed E-state index contributed by atoms with van der Waals surface area (Å²) in [5.74, 6) is -0.202. The van der Waals surface area contributed by atoms with E-state index in [9.17, 15) is 4.39 Å². The van der Waals surface area contributed by atoms with Crippen molar-refractivity contribution < 1.29 is 4.39 Å². The highest BCUT2D eigenvalue weighted by molar-refractivity contribution is 9.10. The van der Waals surface area contributed by atoms with Gasteiger partial charge in [0.1, 0.15) is 5.82 Å². The maximum Gasteiger partial charge on any atom is 0.128 e. The Morgan fingerprint density at radius 2 is 2.19 bits per heavy atom. The third kappa shape index (κ3) is 4.38. The van der Waals surface area contributed by atoms with Gasteiger partial charge in [0.2, 0.25) is 0 Å². The van der Waals surface area contributed by atoms with Crippen LogP contribution in [0, 0.1) is 5.82 Å². The van der Waals surface area contributed by atoms with E-state index in [4.69, 9.17) is 0 Å². The second kappa shape index (κ2) is 7.71. The molecule has 3 nitrogen and oxygen atoms in total. The van der Waals surface area contributed by atoms with Gasteiger partial charge in [-0.2, -0.15) is 5.10 Å². The molecule has 1 heterocycles. The van der Waals surface area contributed by atoms with E-state index in [-0.39, 0.29) is 5.82 Å². The highest BCUT2D eigenvalue weighted by Gasteiger charge is 2.11. The summed E-state index contributed by atoms with van der Waals surface area (Å²) in [6.45, 7) is 5.73. The van der Waals surface area contributed by atoms with Gasteiger partial charge in [-0.15, -0.1) is 0 Å². The zero-order valence-corrected chi connectivity index (χ0v) is 14.0. The number of benzene rings is 1. The molecule has 0 bridgehead atoms. The van der Waals surface area contributed by atoms with Crippen LogP contribution in [0.2, 0.25) is 0 Å². The second-order valence-corrected chi connectivity index (χ2v) is 6.04. The van der Waals surface area contributed by atoms with Crippen LogP contribution in [0.15, 0.2) is 35.1 Å². The third-order valence-corrected chi connectivity index (χ3v) is 3.94. The van der Waals surface area contributed by atoms with E-state index in [2.05, 4.69) is 40.2 Å². The van der Waals surface area contributed by atoms with Gasteiger partial charge in [0.05, 0.1) is 12.7 Å². The molecular weight excluding hydrogens is 333 g/mol. The lowest BCUT2D eigenvalue weighted by Crippen LogP contribution is -2.21. The Kier molecular flexibility index (Phi) is 5.94. The molecule has 0 saturated heterocycles. The molecule has 1 aromatic heterocycles. The zero-order chi connectivity index (χ0) is 15.2. The molecule has 114 valence electrons. The summed E-state index contributed by atoms with van der Waals surface area (Å²) in [6, 6.07) is 5.28. The lowest BCUT2D eigenvalue weighted by molar-refractivity contribution is 0.517. The van der Waals surface area contributed by atoms with E-state index < -0.39 is 0 Å². The van der Waals surface area contributed by atoms with E-state index in [0.29, 0.717) is 18.2 Å². The van der Waals surface area contributed by atoms with E-state index in [1.54, 1.807) is 16.8 Å². The summed E-state index contributed by atoms with van der Waals surface area (Å²) < 4.78 is 16.4. The van der Waals surface area contributed by atoms with Crippen LogP contribution in [0.1, 0.15) is 43.9 Å². The average molecular weight is 354 g/mol. The van der Waals surface area contributed by atoms with Gasteiger partial charge in [0.15, 0.2) is 0 Å². The zero-order valence-electron chi connectivity index (χ0n) is 12.4. The molecule has 0 spiro atoms. The first-order valence-electron chi connectivity index (χ1n) is 7.33. The molecule has 0 fully saturated rings. The highest BCUT2D eigenvalue weighted by atomic mass is 79.9. The van der Waals surface area contributed by atoms with E-state index >= 15 is 0 Å². The van der Waals surface area contributed by atoms with Crippen LogP contribution >= 0.6 is 15.9 Å². The van der Waals surface area contributed by atoms with Crippen LogP contribution in [0.3, 0.4) is 0 Å². The van der Waals surface area contributed by atoms with Crippen molar-refractivity contribution in [2.45, 2.75) is 39.3 Å². The van der Waals surface area contributed by atoms with E-state index in [1.165, 1.54) is 6.07 Å². The van der Waals surface area contributed by atoms with Crippen molar-refractivity contribution >= 4 is 15.9 Å². The van der Waals surface area contributed by atoms with Gasteiger partial charge in [0.25, 0.3) is 0 Å². The molecule has 0 radical (unpaired) electrons. The van der Waals surface area contributed by atoms with Gasteiger partial charge in [0, 0.05) is 27.8 Å². The van der Waals surface area contributed by atoms with Gasteiger partial charge in [-0.1, -0.05) is 29.8 Å². The Labute approximate surface area is 133 Å². The van der Waals surface area contributed by atoms with Crippen molar-refractivity contribution in [2.75, 3.05) is 6.54 Å². The first-order chi connectivity index (χ1) is 10.1. The fourth-order valence-electron chi connectivity index (χ4n) is 2.30. The minimum absolute atomic E-state index is 0.202. The fraction of sp³-hybridized carbons (Fsp3) is 0.438. The van der Waals surface area contributed by atoms with Crippen molar-refractivity contribution in [3.63, 3.8) is 0 Å². The molecule has 1 unspecified atom stereocenters. The molecule has 2 aromatic rings. The molecule has 1 aromatic carbocycles. The van der Waals surface area contributed by atoms with E-state index in [1.807, 2.05) is 12.4 Å². The van der Waals surface area contributed by atoms with Crippen molar-refractivity contribution in [1.82, 2.24) is 15.1 Å². The highest BCUT2D eigenvalue weighted by Crippen LogP contribution is 2.19. The Balaban J connectivity index is 2.10. The number of halogens is 2. The maximum atomic E-state index is 13.8. The molecular formula is C16H21BrFN3. The molecule has 0 saturated carbocycles. The van der Waals surface area contributed by atoms with Crippen molar-refractivity contribution in [3.05, 3.63) is 52.0 Å². The van der Waals surface area contributed by atoms with Crippen LogP contribution in [0.25, 0.3) is 0 Å². The molecule has 0 aliphatic carbocycles. The number of nitrogens with zero attached hydrogens (tertiary/aromatic N) is 2. The predicted octanol–water partition coefficient (Wildman–Crippen LogP) is 4.28. The molecule has 0 aliphatic rings. The van der Waals surface area contributed by atoms with E-state index in [0.717, 1.165) is 29.4 Å². The van der Waals surface area contributed by atoms with Gasteiger partial charge in [-0.3, -0.25) is 4.68 Å². The Morgan fingerprint density at radius 1 is 1.38 bits per heavy atom. The Hall–Kier alpha value is -1.20. The van der Waals surface area contributed by atoms with Crippen LogP contribution in [0.5, 0.6) is 0 Å². The van der Waals surface area contributed by atoms with Crippen molar-refractivity contribution in [1.29, 1.82) is 0 Å². The SMILES string of the molecule is CCCNC(CC)c1cnn(Cc2cc(Br)ccc2F)c1. The standard InChI is InChI=1S/C16H21BrFN3/c1-3-7-19-16(4-2)13-9-20-21(11-13)10-12-8-14(17)5-6-15(12)18/h5-6,8-9,11,16,19H,3-4,7,10H2,1-2H3. The normalized spacial score (nSPS) is 12.6. The van der Waals surface area contributed by atoms with Gasteiger partial charge >= 0.3 is 0 Å². The minimum Gasteiger partial charge on any atom is -0.310 e. The Bertz CT molecular complexity index is 583. The lowest BCUT2D eigenvalue weighted by atomic mass is 10.1. The molecule has 2 rings (SSSR count). The maximum absolute atomic E-state index is 13.8. The number of aromatic nitrogens is 2. The number of rotatable bonds is 7. The number of hydrogen-bond donors (Lipinski definition) is 1. The molecule has 1 N–H and O–H groups in total. The van der Waals surface area contributed by atoms with Crippen molar-refractivity contribution in [3.8, 4) is 0 Å². The summed E-state index contributed by atoms with van der Waals surface area (Å²) in [6.07, 6.45) is 5.98. The summed E-state index contributed by atoms with van der Waals surface area (Å²) in [5, 5.41) is 7.85. The van der Waals surface area contributed by atoms with Crippen molar-refractivity contribution in [2.24, 2.45) is 0 Å². The predicted molar refractivity (Wildman–Crippen MR) is 86.8 cm³/mol. The van der Waals surface area contributed by atoms with Gasteiger partial charge in [-0.25, -0.2) is 4.39 Å². The summed E-state index contributed by atoms with van der Waals surface area (Å²) >= 11 is 3.37. The topological polar surface area (TPSA) is 29.9 Å². The number of hydrogen-bond acceptors (Lipinski definition) is 2. The first-order valence-corrected chi connectivity index (χ1v) is 8.13. The fourth-order valence-corrected chi connectivity index (χ4v) is 2.71. The quantitative estimate of drug-likeness (QED) is 0.804. The van der Waals surface area contributed by atoms with Crippen LogP contribution in [-0.4, -0.2) is 16.3 Å². The molecule has 1 atom stereocenters. The number of nitrogens with one attached hydrogen (secondary N) is 1. The summed E-state index contributed by atoms with van der Waals surface area (Å²) in [4.78, 5) is 0.